The molecule has 2 rings (SSSR count). The number of allylic oxidation sites excluding steroid dienone is 3. The first kappa shape index (κ1) is 73.6. The van der Waals surface area contributed by atoms with Gasteiger partial charge in [-0.25, -0.2) is 0 Å². The van der Waals surface area contributed by atoms with E-state index >= 15 is 0 Å². The maximum atomic E-state index is 13.3. The number of hydrogen-bond donors (Lipinski definition) is 9. The van der Waals surface area contributed by atoms with Crippen molar-refractivity contribution < 1.29 is 64.6 Å². The van der Waals surface area contributed by atoms with Gasteiger partial charge in [-0.3, -0.25) is 4.79 Å². The molecule has 9 N–H and O–H groups in total. The van der Waals surface area contributed by atoms with E-state index in [4.69, 9.17) is 18.9 Å². The molecular weight excluding hydrogens is 1000 g/mol. The Kier molecular flexibility index (Phi) is 47.4. The van der Waals surface area contributed by atoms with Crippen LogP contribution in [0, 0.1) is 0 Å². The maximum Gasteiger partial charge on any atom is 0.220 e. The number of amides is 1. The summed E-state index contributed by atoms with van der Waals surface area (Å²) >= 11 is 0. The summed E-state index contributed by atoms with van der Waals surface area (Å²) < 4.78 is 22.8. The Balaban J connectivity index is 1.69. The van der Waals surface area contributed by atoms with Crippen LogP contribution in [0.1, 0.15) is 290 Å². The predicted molar refractivity (Wildman–Crippen MR) is 318 cm³/mol. The van der Waals surface area contributed by atoms with Crippen molar-refractivity contribution in [3.63, 3.8) is 0 Å². The number of carbonyl (C=O) groups excluding carboxylic acids is 1. The molecular formula is C65H123NO13. The number of rotatable bonds is 54. The van der Waals surface area contributed by atoms with E-state index < -0.39 is 86.8 Å². The Bertz CT molecular complexity index is 1420. The molecule has 2 aliphatic rings. The largest absolute Gasteiger partial charge is 0.394 e. The van der Waals surface area contributed by atoms with Gasteiger partial charge in [-0.2, -0.15) is 0 Å². The lowest BCUT2D eigenvalue weighted by Crippen LogP contribution is -2.65. The molecule has 0 aromatic rings. The third kappa shape index (κ3) is 36.0. The second kappa shape index (κ2) is 50.9. The normalized spacial score (nSPS) is 24.5. The molecule has 2 saturated heterocycles. The van der Waals surface area contributed by atoms with Crippen molar-refractivity contribution in [1.29, 1.82) is 0 Å². The van der Waals surface area contributed by atoms with E-state index in [1.165, 1.54) is 225 Å². The van der Waals surface area contributed by atoms with Crippen molar-refractivity contribution in [2.45, 2.75) is 364 Å². The van der Waals surface area contributed by atoms with Crippen LogP contribution in [-0.2, 0) is 23.7 Å². The van der Waals surface area contributed by atoms with E-state index in [2.05, 4.69) is 31.3 Å². The number of nitrogens with one attached hydrogen (secondary N) is 1. The molecule has 0 spiro atoms. The first-order chi connectivity index (χ1) is 38.6. The first-order valence-electron chi connectivity index (χ1n) is 33.1. The average molecular weight is 1130 g/mol. The van der Waals surface area contributed by atoms with Crippen molar-refractivity contribution in [3.8, 4) is 0 Å². The fraction of sp³-hybridized carbons (Fsp3) is 0.923. The van der Waals surface area contributed by atoms with Crippen molar-refractivity contribution in [2.75, 3.05) is 19.8 Å². The molecule has 12 unspecified atom stereocenters. The second-order valence-corrected chi connectivity index (χ2v) is 23.6. The molecule has 2 fully saturated rings. The van der Waals surface area contributed by atoms with Crippen LogP contribution in [0.2, 0.25) is 0 Å². The minimum atomic E-state index is -1.79. The van der Waals surface area contributed by atoms with E-state index in [9.17, 15) is 45.6 Å². The molecule has 1 amide bonds. The standard InChI is InChI=1S/C65H123NO13/c1-3-5-7-9-11-13-15-17-19-20-21-22-23-24-25-26-27-28-29-30-31-32-33-35-36-38-40-42-44-46-48-54(69)53(66-57(70)49-47-45-43-41-39-37-34-18-16-14-12-10-8-6-4-2)52-76-64-62(75)60(73)63(56(51-68)78-64)79-65-61(74)59(72)58(71)55(50-67)77-65/h38,40,46,48,53-56,58-65,67-69,71-75H,3-37,39,41-45,47,49-52H2,1-2H3,(H,66,70)/b40-38+,48-46+. The van der Waals surface area contributed by atoms with Gasteiger partial charge in [-0.05, 0) is 32.1 Å². The van der Waals surface area contributed by atoms with E-state index in [1.54, 1.807) is 6.08 Å². The van der Waals surface area contributed by atoms with Crippen LogP contribution in [0.25, 0.3) is 0 Å². The molecule has 0 bridgehead atoms. The number of carbonyl (C=O) groups is 1. The second-order valence-electron chi connectivity index (χ2n) is 23.6. The van der Waals surface area contributed by atoms with Crippen molar-refractivity contribution in [2.24, 2.45) is 0 Å². The molecule has 0 aliphatic carbocycles. The van der Waals surface area contributed by atoms with Crippen LogP contribution in [-0.4, -0.2) is 140 Å². The quantitative estimate of drug-likeness (QED) is 0.0204. The van der Waals surface area contributed by atoms with Crippen LogP contribution < -0.4 is 5.32 Å². The van der Waals surface area contributed by atoms with Gasteiger partial charge < -0.3 is 65.1 Å². The monoisotopic (exact) mass is 1130 g/mol. The highest BCUT2D eigenvalue weighted by molar-refractivity contribution is 5.76. The van der Waals surface area contributed by atoms with Gasteiger partial charge in [0, 0.05) is 6.42 Å². The summed E-state index contributed by atoms with van der Waals surface area (Å²) in [4.78, 5) is 13.3. The highest BCUT2D eigenvalue weighted by Crippen LogP contribution is 2.30. The Labute approximate surface area is 481 Å². The first-order valence-corrected chi connectivity index (χ1v) is 33.1. The molecule has 466 valence electrons. The SMILES string of the molecule is CCCCCCCCCCCCCCCCCCCCCCCCCC/C=C/CC/C=C/C(O)C(COC1OC(CO)C(OC2OC(CO)C(O)C(O)C2O)C(O)C1O)NC(=O)CCCCCCCCCCCCCCCCC. The molecule has 79 heavy (non-hydrogen) atoms. The summed E-state index contributed by atoms with van der Waals surface area (Å²) in [6.45, 7) is 2.82. The topological polar surface area (TPSA) is 228 Å². The lowest BCUT2D eigenvalue weighted by atomic mass is 9.97. The molecule has 2 heterocycles. The van der Waals surface area contributed by atoms with Crippen molar-refractivity contribution >= 4 is 5.91 Å². The highest BCUT2D eigenvalue weighted by atomic mass is 16.7. The third-order valence-corrected chi connectivity index (χ3v) is 16.4. The van der Waals surface area contributed by atoms with Gasteiger partial charge in [0.2, 0.25) is 5.91 Å². The Morgan fingerprint density at radius 1 is 0.443 bits per heavy atom. The van der Waals surface area contributed by atoms with Crippen LogP contribution in [0.5, 0.6) is 0 Å². The van der Waals surface area contributed by atoms with E-state index in [1.807, 2.05) is 6.08 Å². The summed E-state index contributed by atoms with van der Waals surface area (Å²) in [5, 5.41) is 87.2. The van der Waals surface area contributed by atoms with Crippen molar-refractivity contribution in [1.82, 2.24) is 5.32 Å². The summed E-state index contributed by atoms with van der Waals surface area (Å²) in [5.74, 6) is -0.245. The average Bonchev–Trinajstić information content (AvgIpc) is 3.45. The number of unbranched alkanes of at least 4 members (excludes halogenated alkanes) is 39. The molecule has 14 nitrogen and oxygen atoms in total. The summed E-state index contributed by atoms with van der Waals surface area (Å²) in [6, 6.07) is -0.928. The van der Waals surface area contributed by atoms with Gasteiger partial charge in [0.05, 0.1) is 32.0 Å². The van der Waals surface area contributed by atoms with Gasteiger partial charge in [0.25, 0.3) is 0 Å². The minimum Gasteiger partial charge on any atom is -0.394 e. The summed E-state index contributed by atoms with van der Waals surface area (Å²) in [6.07, 6.45) is 45.3. The van der Waals surface area contributed by atoms with E-state index in [0.717, 1.165) is 32.1 Å². The maximum absolute atomic E-state index is 13.3. The van der Waals surface area contributed by atoms with E-state index in [-0.39, 0.29) is 18.9 Å². The molecule has 0 saturated carbocycles. The van der Waals surface area contributed by atoms with Crippen LogP contribution in [0.15, 0.2) is 24.3 Å². The lowest BCUT2D eigenvalue weighted by molar-refractivity contribution is -0.359. The van der Waals surface area contributed by atoms with Gasteiger partial charge in [0.1, 0.15) is 48.8 Å². The number of ether oxygens (including phenoxy) is 4. The van der Waals surface area contributed by atoms with Gasteiger partial charge in [-0.1, -0.05) is 276 Å². The zero-order chi connectivity index (χ0) is 57.4. The lowest BCUT2D eigenvalue weighted by Gasteiger charge is -2.46. The highest BCUT2D eigenvalue weighted by Gasteiger charge is 2.51. The van der Waals surface area contributed by atoms with Crippen LogP contribution >= 0.6 is 0 Å². The van der Waals surface area contributed by atoms with Crippen molar-refractivity contribution in [3.05, 3.63) is 24.3 Å². The Morgan fingerprint density at radius 2 is 0.810 bits per heavy atom. The molecule has 0 aromatic heterocycles. The van der Waals surface area contributed by atoms with Crippen LogP contribution in [0.3, 0.4) is 0 Å². The molecule has 14 heteroatoms. The fourth-order valence-electron chi connectivity index (χ4n) is 11.1. The number of aliphatic hydroxyl groups excluding tert-OH is 8. The molecule has 2 aliphatic heterocycles. The minimum absolute atomic E-state index is 0.245. The smallest absolute Gasteiger partial charge is 0.220 e. The fourth-order valence-corrected chi connectivity index (χ4v) is 11.1. The van der Waals surface area contributed by atoms with Gasteiger partial charge in [0.15, 0.2) is 12.6 Å². The third-order valence-electron chi connectivity index (χ3n) is 16.4. The summed E-state index contributed by atoms with van der Waals surface area (Å²) in [5.41, 5.74) is 0. The zero-order valence-corrected chi connectivity index (χ0v) is 50.4. The zero-order valence-electron chi connectivity index (χ0n) is 50.4. The van der Waals surface area contributed by atoms with Gasteiger partial charge in [-0.15, -0.1) is 0 Å². The predicted octanol–water partition coefficient (Wildman–Crippen LogP) is 12.4. The van der Waals surface area contributed by atoms with E-state index in [0.29, 0.717) is 12.8 Å². The molecule has 0 aromatic carbocycles. The van der Waals surface area contributed by atoms with Gasteiger partial charge >= 0.3 is 0 Å². The number of hydrogen-bond acceptors (Lipinski definition) is 13. The Hall–Kier alpha value is -1.53. The molecule has 0 radical (unpaired) electrons. The number of aliphatic hydroxyl groups is 8. The summed E-state index contributed by atoms with van der Waals surface area (Å²) in [7, 11) is 0. The Morgan fingerprint density at radius 3 is 1.24 bits per heavy atom. The van der Waals surface area contributed by atoms with Crippen LogP contribution in [0.4, 0.5) is 0 Å². The molecule has 12 atom stereocenters.